The molecule has 0 aromatic heterocycles. The number of aliphatic imine (C=N–C) groups is 1. The quantitative estimate of drug-likeness (QED) is 0.495. The van der Waals surface area contributed by atoms with Gasteiger partial charge in [-0.25, -0.2) is 4.99 Å². The van der Waals surface area contributed by atoms with Gasteiger partial charge in [-0.2, -0.15) is 0 Å². The topological polar surface area (TPSA) is 21.6 Å². The van der Waals surface area contributed by atoms with Gasteiger partial charge in [0.25, 0.3) is 0 Å². The Labute approximate surface area is 60.1 Å². The Hall–Kier alpha value is -0.530. The third-order valence-electron chi connectivity index (χ3n) is 1.17. The Balaban J connectivity index is 2.57. The van der Waals surface area contributed by atoms with E-state index in [1.54, 1.807) is 0 Å². The molecule has 0 atom stereocenters. The lowest BCUT2D eigenvalue weighted by Crippen LogP contribution is -2.17. The Morgan fingerprint density at radius 1 is 1.89 bits per heavy atom. The first-order valence-electron chi connectivity index (χ1n) is 4.50. The number of rotatable bonds is 1. The molecule has 9 heavy (non-hydrogen) atoms. The molecular weight excluding hydrogens is 115 g/mol. The molecule has 52 valence electrons. The Morgan fingerprint density at radius 3 is 3.11 bits per heavy atom. The summed E-state index contributed by atoms with van der Waals surface area (Å²) in [5, 5.41) is 0. The van der Waals surface area contributed by atoms with Crippen LogP contribution in [0.2, 0.25) is 0 Å². The van der Waals surface area contributed by atoms with Gasteiger partial charge in [0.15, 0.2) is 5.90 Å². The van der Waals surface area contributed by atoms with Crippen LogP contribution in [0.4, 0.5) is 0 Å². The first-order chi connectivity index (χ1) is 5.29. The van der Waals surface area contributed by atoms with Gasteiger partial charge in [-0.05, 0) is 13.8 Å². The average molecular weight is 131 g/mol. The van der Waals surface area contributed by atoms with E-state index >= 15 is 0 Å². The SMILES string of the molecule is [2H][13C]([2H])([2H])CC1=NC(C)(C)CO1. The molecule has 0 radical (unpaired) electrons. The summed E-state index contributed by atoms with van der Waals surface area (Å²) < 4.78 is 26.1. The van der Waals surface area contributed by atoms with Crippen LogP contribution in [0.5, 0.6) is 0 Å². The van der Waals surface area contributed by atoms with Crippen LogP contribution in [-0.4, -0.2) is 18.0 Å². The molecule has 0 spiro atoms. The van der Waals surface area contributed by atoms with E-state index in [1.807, 2.05) is 13.8 Å². The predicted octanol–water partition coefficient (Wildman–Crippen LogP) is 1.60. The summed E-state index contributed by atoms with van der Waals surface area (Å²) in [6.45, 7) is 2.34. The summed E-state index contributed by atoms with van der Waals surface area (Å²) in [6.07, 6.45) is -0.0591. The Kier molecular flexibility index (Phi) is 0.803. The number of hydrogen-bond donors (Lipinski definition) is 0. The van der Waals surface area contributed by atoms with Crippen LogP contribution in [0.15, 0.2) is 4.99 Å². The van der Waals surface area contributed by atoms with Gasteiger partial charge in [0.2, 0.25) is 0 Å². The normalized spacial score (nSPS) is 29.6. The van der Waals surface area contributed by atoms with Crippen molar-refractivity contribution in [1.82, 2.24) is 0 Å². The molecule has 0 fully saturated rings. The zero-order valence-corrected chi connectivity index (χ0v) is 5.77. The zero-order chi connectivity index (χ0) is 9.41. The highest BCUT2D eigenvalue weighted by Gasteiger charge is 2.24. The van der Waals surface area contributed by atoms with E-state index in [0.717, 1.165) is 0 Å². The summed E-state index contributed by atoms with van der Waals surface area (Å²) in [4.78, 5) is 4.14. The van der Waals surface area contributed by atoms with Gasteiger partial charge in [-0.1, -0.05) is 6.85 Å². The molecule has 0 saturated carbocycles. The monoisotopic (exact) mass is 131 g/mol. The van der Waals surface area contributed by atoms with E-state index in [1.165, 1.54) is 0 Å². The second-order valence-corrected chi connectivity index (χ2v) is 2.78. The van der Waals surface area contributed by atoms with Gasteiger partial charge < -0.3 is 4.74 Å². The summed E-state index contributed by atoms with van der Waals surface area (Å²) in [5.74, 6) is 0.361. The van der Waals surface area contributed by atoms with Crippen molar-refractivity contribution in [3.63, 3.8) is 0 Å². The van der Waals surface area contributed by atoms with Crippen LogP contribution in [0.25, 0.3) is 0 Å². The minimum atomic E-state index is -1.97. The van der Waals surface area contributed by atoms with E-state index in [2.05, 4.69) is 4.99 Å². The van der Waals surface area contributed by atoms with Gasteiger partial charge in [0.05, 0.1) is 5.54 Å². The van der Waals surface area contributed by atoms with Crippen LogP contribution in [0.1, 0.15) is 31.2 Å². The molecule has 1 heterocycles. The minimum absolute atomic E-state index is 0.0591. The van der Waals surface area contributed by atoms with Crippen molar-refractivity contribution < 1.29 is 8.85 Å². The average Bonchev–Trinajstić information content (AvgIpc) is 2.05. The molecule has 0 saturated heterocycles. The number of ether oxygens (including phenoxy) is 1. The minimum Gasteiger partial charge on any atom is -0.478 e. The molecule has 1 aliphatic rings. The van der Waals surface area contributed by atoms with Crippen molar-refractivity contribution in [1.29, 1.82) is 0 Å². The standard InChI is InChI=1S/C7H13NO/c1-4-6-8-7(2,3)5-9-6/h4-5H2,1-3H3/i1+1D3. The molecule has 0 amide bonds. The molecule has 0 aliphatic carbocycles. The van der Waals surface area contributed by atoms with Crippen LogP contribution in [0.3, 0.4) is 0 Å². The third kappa shape index (κ3) is 1.44. The van der Waals surface area contributed by atoms with Gasteiger partial charge in [0.1, 0.15) is 6.61 Å². The van der Waals surface area contributed by atoms with E-state index in [0.29, 0.717) is 12.5 Å². The van der Waals surface area contributed by atoms with Gasteiger partial charge in [-0.15, -0.1) is 0 Å². The zero-order valence-electron chi connectivity index (χ0n) is 8.77. The Bertz CT molecular complexity index is 207. The lowest BCUT2D eigenvalue weighted by molar-refractivity contribution is 0.274. The van der Waals surface area contributed by atoms with Crippen molar-refractivity contribution in [3.8, 4) is 0 Å². The highest BCUT2D eigenvalue weighted by molar-refractivity contribution is 5.77. The lowest BCUT2D eigenvalue weighted by Gasteiger charge is -2.07. The maximum Gasteiger partial charge on any atom is 0.183 e. The van der Waals surface area contributed by atoms with Gasteiger partial charge in [0, 0.05) is 10.5 Å². The van der Waals surface area contributed by atoms with Crippen molar-refractivity contribution in [2.75, 3.05) is 6.61 Å². The van der Waals surface area contributed by atoms with Crippen LogP contribution >= 0.6 is 0 Å². The molecule has 1 aliphatic heterocycles. The van der Waals surface area contributed by atoms with E-state index < -0.39 is 6.85 Å². The second kappa shape index (κ2) is 2.01. The highest BCUT2D eigenvalue weighted by Crippen LogP contribution is 2.17. The van der Waals surface area contributed by atoms with E-state index in [-0.39, 0.29) is 12.0 Å². The second-order valence-electron chi connectivity index (χ2n) is 2.78. The number of hydrogen-bond acceptors (Lipinski definition) is 2. The molecule has 1 rings (SSSR count). The van der Waals surface area contributed by atoms with Crippen LogP contribution < -0.4 is 0 Å². The Morgan fingerprint density at radius 2 is 2.67 bits per heavy atom. The number of nitrogens with zero attached hydrogens (tertiary/aromatic N) is 1. The smallest absolute Gasteiger partial charge is 0.183 e. The molecule has 0 N–H and O–H groups in total. The van der Waals surface area contributed by atoms with Gasteiger partial charge in [-0.3, -0.25) is 0 Å². The molecule has 0 aromatic rings. The van der Waals surface area contributed by atoms with Gasteiger partial charge >= 0.3 is 0 Å². The maximum absolute atomic E-state index is 7.00. The maximum atomic E-state index is 7.00. The predicted molar refractivity (Wildman–Crippen MR) is 37.8 cm³/mol. The van der Waals surface area contributed by atoms with E-state index in [9.17, 15) is 0 Å². The molecule has 0 unspecified atom stereocenters. The van der Waals surface area contributed by atoms with Crippen molar-refractivity contribution in [2.24, 2.45) is 4.99 Å². The van der Waals surface area contributed by atoms with Crippen LogP contribution in [-0.2, 0) is 4.74 Å². The third-order valence-corrected chi connectivity index (χ3v) is 1.17. The fourth-order valence-electron chi connectivity index (χ4n) is 0.753. The van der Waals surface area contributed by atoms with Crippen molar-refractivity contribution in [2.45, 2.75) is 32.7 Å². The fraction of sp³-hybridized carbons (Fsp3) is 0.857. The molecule has 2 nitrogen and oxygen atoms in total. The molecule has 0 aromatic carbocycles. The van der Waals surface area contributed by atoms with Crippen molar-refractivity contribution >= 4 is 5.90 Å². The van der Waals surface area contributed by atoms with E-state index in [4.69, 9.17) is 8.85 Å². The lowest BCUT2D eigenvalue weighted by atomic mass is 10.1. The molecule has 2 heteroatoms. The largest absolute Gasteiger partial charge is 0.478 e. The summed E-state index contributed by atoms with van der Waals surface area (Å²) in [5.41, 5.74) is -0.249. The molecule has 0 bridgehead atoms. The highest BCUT2D eigenvalue weighted by atomic mass is 16.5. The first-order valence-corrected chi connectivity index (χ1v) is 3.00. The summed E-state index contributed by atoms with van der Waals surface area (Å²) >= 11 is 0. The summed E-state index contributed by atoms with van der Waals surface area (Å²) in [6, 6.07) is 0. The fourth-order valence-corrected chi connectivity index (χ4v) is 0.753. The first kappa shape index (κ1) is 3.59. The summed E-state index contributed by atoms with van der Waals surface area (Å²) in [7, 11) is 0. The molecular formula is C7H13NO. The van der Waals surface area contributed by atoms with Crippen LogP contribution in [0, 0.1) is 0 Å². The van der Waals surface area contributed by atoms with Crippen molar-refractivity contribution in [3.05, 3.63) is 0 Å².